The zero-order valence-electron chi connectivity index (χ0n) is 10.5. The second-order valence-electron chi connectivity index (χ2n) is 5.94. The lowest BCUT2D eigenvalue weighted by molar-refractivity contribution is -0.808. The molecule has 104 valence electrons. The van der Waals surface area contributed by atoms with Crippen LogP contribution in [0.15, 0.2) is 4.63 Å². The Balaban J connectivity index is 1.86. The summed E-state index contributed by atoms with van der Waals surface area (Å²) < 4.78 is 4.66. The third-order valence-electron chi connectivity index (χ3n) is 5.20. The third kappa shape index (κ3) is 1.28. The van der Waals surface area contributed by atoms with Crippen molar-refractivity contribution in [3.05, 3.63) is 16.6 Å². The molecular formula is C12H17N3O4. The molecule has 19 heavy (non-hydrogen) atoms. The minimum atomic E-state index is -1.24. The minimum absolute atomic E-state index is 0.0356. The van der Waals surface area contributed by atoms with Crippen LogP contribution in [0.3, 0.4) is 0 Å². The van der Waals surface area contributed by atoms with Gasteiger partial charge in [-0.25, -0.2) is 0 Å². The lowest BCUT2D eigenvalue weighted by atomic mass is 9.70. The molecule has 3 aliphatic rings. The number of rotatable bonds is 0. The molecule has 1 aromatic rings. The van der Waals surface area contributed by atoms with Crippen molar-refractivity contribution in [2.24, 2.45) is 5.92 Å². The summed E-state index contributed by atoms with van der Waals surface area (Å²) in [5, 5.41) is 38.1. The SMILES string of the molecule is [O-][n+]1onc2c1CC[C@@H]1N(O)[C@H]3CCCC[C@@H]3[C@]21O. The fourth-order valence-electron chi connectivity index (χ4n) is 4.36. The van der Waals surface area contributed by atoms with Crippen molar-refractivity contribution in [3.8, 4) is 0 Å². The van der Waals surface area contributed by atoms with E-state index >= 15 is 0 Å². The highest BCUT2D eigenvalue weighted by molar-refractivity contribution is 5.27. The first kappa shape index (κ1) is 11.6. The number of aliphatic hydroxyl groups is 1. The van der Waals surface area contributed by atoms with Crippen molar-refractivity contribution in [2.75, 3.05) is 0 Å². The molecule has 2 aliphatic carbocycles. The fraction of sp³-hybridized carbons (Fsp3) is 0.833. The molecule has 0 amide bonds. The molecule has 0 spiro atoms. The lowest BCUT2D eigenvalue weighted by Crippen LogP contribution is -2.49. The van der Waals surface area contributed by atoms with Gasteiger partial charge in [0, 0.05) is 23.5 Å². The Morgan fingerprint density at radius 1 is 1.37 bits per heavy atom. The number of hydroxylamine groups is 2. The number of nitrogens with zero attached hydrogens (tertiary/aromatic N) is 3. The summed E-state index contributed by atoms with van der Waals surface area (Å²) in [7, 11) is 0. The molecule has 2 fully saturated rings. The van der Waals surface area contributed by atoms with E-state index in [-0.39, 0.29) is 18.0 Å². The monoisotopic (exact) mass is 267 g/mol. The van der Waals surface area contributed by atoms with Crippen LogP contribution in [-0.4, -0.2) is 32.6 Å². The molecule has 7 heteroatoms. The van der Waals surface area contributed by atoms with Gasteiger partial charge in [0.2, 0.25) is 5.69 Å². The van der Waals surface area contributed by atoms with Crippen LogP contribution < -0.4 is 4.90 Å². The molecule has 1 aliphatic heterocycles. The summed E-state index contributed by atoms with van der Waals surface area (Å²) in [6.07, 6.45) is 4.86. The molecule has 1 saturated carbocycles. The van der Waals surface area contributed by atoms with Crippen LogP contribution in [-0.2, 0) is 12.0 Å². The van der Waals surface area contributed by atoms with E-state index < -0.39 is 5.60 Å². The molecule has 0 bridgehead atoms. The second kappa shape index (κ2) is 3.68. The predicted molar refractivity (Wildman–Crippen MR) is 60.8 cm³/mol. The number of hydrogen-bond donors (Lipinski definition) is 2. The molecule has 4 rings (SSSR count). The van der Waals surface area contributed by atoms with E-state index in [0.29, 0.717) is 29.1 Å². The van der Waals surface area contributed by atoms with E-state index in [0.717, 1.165) is 25.7 Å². The van der Waals surface area contributed by atoms with Crippen molar-refractivity contribution < 1.29 is 19.8 Å². The smallest absolute Gasteiger partial charge is 0.254 e. The fourth-order valence-corrected chi connectivity index (χ4v) is 4.36. The van der Waals surface area contributed by atoms with E-state index in [1.165, 1.54) is 5.06 Å². The van der Waals surface area contributed by atoms with Gasteiger partial charge in [-0.2, -0.15) is 5.06 Å². The average molecular weight is 267 g/mol. The van der Waals surface area contributed by atoms with Gasteiger partial charge in [-0.15, -0.1) is 0 Å². The Morgan fingerprint density at radius 3 is 3.00 bits per heavy atom. The van der Waals surface area contributed by atoms with E-state index in [1.54, 1.807) is 0 Å². The molecule has 1 aromatic heterocycles. The first-order valence-corrected chi connectivity index (χ1v) is 6.92. The molecule has 0 aromatic carbocycles. The first-order chi connectivity index (χ1) is 9.14. The molecule has 0 unspecified atom stereocenters. The highest BCUT2D eigenvalue weighted by Gasteiger charge is 2.65. The molecule has 7 nitrogen and oxygen atoms in total. The third-order valence-corrected chi connectivity index (χ3v) is 5.20. The van der Waals surface area contributed by atoms with Crippen LogP contribution in [0.1, 0.15) is 43.5 Å². The Hall–Kier alpha value is -1.18. The summed E-state index contributed by atoms with van der Waals surface area (Å²) >= 11 is 0. The Morgan fingerprint density at radius 2 is 2.16 bits per heavy atom. The summed E-state index contributed by atoms with van der Waals surface area (Å²) in [6.45, 7) is 0. The molecule has 1 saturated heterocycles. The first-order valence-electron chi connectivity index (χ1n) is 6.92. The van der Waals surface area contributed by atoms with Gasteiger partial charge in [-0.3, -0.25) is 4.63 Å². The van der Waals surface area contributed by atoms with Crippen molar-refractivity contribution >= 4 is 0 Å². The molecular weight excluding hydrogens is 250 g/mol. The summed E-state index contributed by atoms with van der Waals surface area (Å²) in [6, 6.07) is -0.412. The van der Waals surface area contributed by atoms with E-state index in [9.17, 15) is 15.5 Å². The highest BCUT2D eigenvalue weighted by Crippen LogP contribution is 2.53. The second-order valence-corrected chi connectivity index (χ2v) is 5.94. The summed E-state index contributed by atoms with van der Waals surface area (Å²) in [5.74, 6) is -0.0691. The van der Waals surface area contributed by atoms with Gasteiger partial charge in [0.15, 0.2) is 5.60 Å². The largest absolute Gasteiger partial charge is 0.379 e. The van der Waals surface area contributed by atoms with Gasteiger partial charge >= 0.3 is 0 Å². The van der Waals surface area contributed by atoms with Crippen LogP contribution in [0, 0.1) is 11.1 Å². The van der Waals surface area contributed by atoms with Crippen molar-refractivity contribution in [3.63, 3.8) is 0 Å². The Kier molecular flexibility index (Phi) is 2.25. The topological polar surface area (TPSA) is 96.7 Å². The van der Waals surface area contributed by atoms with Crippen LogP contribution in [0.4, 0.5) is 0 Å². The van der Waals surface area contributed by atoms with Gasteiger partial charge in [-0.05, 0) is 24.2 Å². The highest BCUT2D eigenvalue weighted by atomic mass is 16.8. The normalized spacial score (nSPS) is 41.7. The van der Waals surface area contributed by atoms with Gasteiger partial charge < -0.3 is 15.5 Å². The van der Waals surface area contributed by atoms with Crippen LogP contribution in [0.2, 0.25) is 0 Å². The average Bonchev–Trinajstić information content (AvgIpc) is 2.90. The van der Waals surface area contributed by atoms with Crippen molar-refractivity contribution in [2.45, 2.75) is 56.2 Å². The van der Waals surface area contributed by atoms with Crippen LogP contribution >= 0.6 is 0 Å². The van der Waals surface area contributed by atoms with E-state index in [4.69, 9.17) is 0 Å². The zero-order valence-corrected chi connectivity index (χ0v) is 10.5. The van der Waals surface area contributed by atoms with Crippen LogP contribution in [0.5, 0.6) is 0 Å². The molecule has 2 N–H and O–H groups in total. The summed E-state index contributed by atoms with van der Waals surface area (Å²) in [4.78, 5) is 0.390. The maximum absolute atomic E-state index is 11.5. The quantitative estimate of drug-likeness (QED) is 0.646. The standard InChI is InChI=1S/C12H17N3O4/c16-12-7-3-1-2-4-8(7)14(17)10(12)6-5-9-11(12)13-19-15(9)18/h7-8,10,16-17H,1-6H2/t7-,8-,10-,12+/m0/s1. The van der Waals surface area contributed by atoms with Gasteiger partial charge in [0.1, 0.15) is 0 Å². The summed E-state index contributed by atoms with van der Waals surface area (Å²) in [5.41, 5.74) is -0.488. The minimum Gasteiger partial charge on any atom is -0.379 e. The molecule has 2 heterocycles. The molecule has 4 atom stereocenters. The van der Waals surface area contributed by atoms with E-state index in [2.05, 4.69) is 9.79 Å². The predicted octanol–water partition coefficient (Wildman–Crippen LogP) is 0.0740. The lowest BCUT2D eigenvalue weighted by Gasteiger charge is -2.35. The van der Waals surface area contributed by atoms with Gasteiger partial charge in [0.25, 0.3) is 5.69 Å². The number of fused-ring (bicyclic) bond motifs is 5. The van der Waals surface area contributed by atoms with Gasteiger partial charge in [0.05, 0.1) is 6.04 Å². The number of hydrogen-bond acceptors (Lipinski definition) is 6. The Labute approximate surface area is 109 Å². The zero-order chi connectivity index (χ0) is 13.2. The number of aromatic nitrogens is 2. The Bertz CT molecular complexity index is 519. The van der Waals surface area contributed by atoms with Gasteiger partial charge in [-0.1, -0.05) is 12.8 Å². The van der Waals surface area contributed by atoms with E-state index in [1.807, 2.05) is 0 Å². The molecule has 0 radical (unpaired) electrons. The maximum atomic E-state index is 11.5. The van der Waals surface area contributed by atoms with Crippen molar-refractivity contribution in [1.29, 1.82) is 0 Å². The maximum Gasteiger partial charge on any atom is 0.254 e. The van der Waals surface area contributed by atoms with Crippen molar-refractivity contribution in [1.82, 2.24) is 10.2 Å². The van der Waals surface area contributed by atoms with Crippen LogP contribution in [0.25, 0.3) is 0 Å².